The number of rotatable bonds is 2. The fourth-order valence-electron chi connectivity index (χ4n) is 3.04. The molecular weight excluding hydrogens is 274 g/mol. The number of nitrogens with two attached hydrogens (primary N) is 1. The highest BCUT2D eigenvalue weighted by molar-refractivity contribution is 5.66. The second-order valence-corrected chi connectivity index (χ2v) is 5.76. The fourth-order valence-corrected chi connectivity index (χ4v) is 3.04. The lowest BCUT2D eigenvalue weighted by atomic mass is 10.1. The van der Waals surface area contributed by atoms with Crippen molar-refractivity contribution in [3.05, 3.63) is 42.5 Å². The molecule has 0 amide bonds. The number of hydrogen-bond donors (Lipinski definition) is 1. The summed E-state index contributed by atoms with van der Waals surface area (Å²) in [6.45, 7) is 2.19. The number of piperidine rings is 1. The summed E-state index contributed by atoms with van der Waals surface area (Å²) in [6, 6.07) is 14.1. The van der Waals surface area contributed by atoms with Crippen molar-refractivity contribution < 1.29 is 0 Å². The topological polar surface area (TPSA) is 59.5 Å². The van der Waals surface area contributed by atoms with Gasteiger partial charge in [-0.1, -0.05) is 30.3 Å². The number of benzene rings is 1. The number of fused-ring (bicyclic) bond motifs is 1. The van der Waals surface area contributed by atoms with Gasteiger partial charge in [0.2, 0.25) is 0 Å². The molecule has 0 atom stereocenters. The molecule has 1 aliphatic rings. The van der Waals surface area contributed by atoms with Gasteiger partial charge in [0.25, 0.3) is 0 Å². The van der Waals surface area contributed by atoms with Crippen molar-refractivity contribution in [1.29, 1.82) is 0 Å². The first-order valence-corrected chi connectivity index (χ1v) is 7.78. The zero-order valence-corrected chi connectivity index (χ0v) is 12.4. The van der Waals surface area contributed by atoms with Gasteiger partial charge in [0.15, 0.2) is 11.5 Å². The zero-order valence-electron chi connectivity index (χ0n) is 12.4. The quantitative estimate of drug-likeness (QED) is 0.789. The molecule has 112 valence electrons. The molecule has 1 saturated heterocycles. The van der Waals surface area contributed by atoms with E-state index in [1.165, 1.54) is 19.3 Å². The number of pyridine rings is 1. The number of aromatic nitrogens is 3. The van der Waals surface area contributed by atoms with E-state index in [-0.39, 0.29) is 0 Å². The maximum Gasteiger partial charge on any atom is 0.182 e. The Bertz CT molecular complexity index is 787. The third kappa shape index (κ3) is 2.28. The maximum absolute atomic E-state index is 6.19. The van der Waals surface area contributed by atoms with E-state index in [2.05, 4.69) is 21.0 Å². The van der Waals surface area contributed by atoms with Crippen LogP contribution >= 0.6 is 0 Å². The van der Waals surface area contributed by atoms with Gasteiger partial charge in [0.05, 0.1) is 0 Å². The van der Waals surface area contributed by atoms with Crippen molar-refractivity contribution in [2.75, 3.05) is 23.7 Å². The maximum atomic E-state index is 6.19. The third-order valence-corrected chi connectivity index (χ3v) is 4.20. The van der Waals surface area contributed by atoms with E-state index in [0.29, 0.717) is 11.6 Å². The van der Waals surface area contributed by atoms with Crippen LogP contribution in [-0.4, -0.2) is 27.7 Å². The van der Waals surface area contributed by atoms with E-state index < -0.39 is 0 Å². The Morgan fingerprint density at radius 2 is 1.73 bits per heavy atom. The minimum absolute atomic E-state index is 0.632. The van der Waals surface area contributed by atoms with Crippen molar-refractivity contribution in [2.24, 2.45) is 0 Å². The van der Waals surface area contributed by atoms with Gasteiger partial charge >= 0.3 is 0 Å². The van der Waals surface area contributed by atoms with E-state index >= 15 is 0 Å². The van der Waals surface area contributed by atoms with Crippen LogP contribution in [0.4, 0.5) is 11.5 Å². The Morgan fingerprint density at radius 3 is 2.50 bits per heavy atom. The molecule has 0 bridgehead atoms. The Labute approximate surface area is 129 Å². The molecule has 2 aromatic heterocycles. The molecule has 0 unspecified atom stereocenters. The zero-order chi connectivity index (χ0) is 14.9. The Balaban J connectivity index is 1.77. The lowest BCUT2D eigenvalue weighted by Gasteiger charge is -2.28. The molecule has 1 fully saturated rings. The Morgan fingerprint density at radius 1 is 0.955 bits per heavy atom. The van der Waals surface area contributed by atoms with Crippen LogP contribution in [0.5, 0.6) is 0 Å². The molecule has 3 heterocycles. The lowest BCUT2D eigenvalue weighted by Crippen LogP contribution is -2.29. The van der Waals surface area contributed by atoms with Crippen molar-refractivity contribution in [2.45, 2.75) is 19.3 Å². The normalized spacial score (nSPS) is 15.4. The number of hydrogen-bond acceptors (Lipinski definition) is 4. The molecule has 0 aliphatic carbocycles. The summed E-state index contributed by atoms with van der Waals surface area (Å²) in [5.74, 6) is 1.34. The second-order valence-electron chi connectivity index (χ2n) is 5.76. The molecule has 3 aromatic rings. The summed E-state index contributed by atoms with van der Waals surface area (Å²) < 4.78 is 1.72. The molecule has 0 saturated carbocycles. The first-order chi connectivity index (χ1) is 10.8. The summed E-state index contributed by atoms with van der Waals surface area (Å²) in [4.78, 5) is 7.03. The Kier molecular flexibility index (Phi) is 3.18. The first-order valence-electron chi connectivity index (χ1n) is 7.78. The Hall–Kier alpha value is -2.56. The van der Waals surface area contributed by atoms with Crippen LogP contribution in [-0.2, 0) is 0 Å². The van der Waals surface area contributed by atoms with Gasteiger partial charge in [-0.25, -0.2) is 4.98 Å². The lowest BCUT2D eigenvalue weighted by molar-refractivity contribution is 0.578. The molecule has 2 N–H and O–H groups in total. The summed E-state index contributed by atoms with van der Waals surface area (Å²) >= 11 is 0. The molecule has 0 spiro atoms. The van der Waals surface area contributed by atoms with Gasteiger partial charge in [-0.2, -0.15) is 4.52 Å². The summed E-state index contributed by atoms with van der Waals surface area (Å²) in [7, 11) is 0. The number of anilines is 2. The highest BCUT2D eigenvalue weighted by atomic mass is 15.3. The van der Waals surface area contributed by atoms with Crippen molar-refractivity contribution in [3.63, 3.8) is 0 Å². The van der Waals surface area contributed by atoms with Crippen molar-refractivity contribution in [1.82, 2.24) is 14.6 Å². The van der Waals surface area contributed by atoms with Crippen LogP contribution in [0.15, 0.2) is 42.5 Å². The van der Waals surface area contributed by atoms with Gasteiger partial charge in [0.1, 0.15) is 5.82 Å². The van der Waals surface area contributed by atoms with E-state index in [9.17, 15) is 0 Å². The van der Waals surface area contributed by atoms with E-state index in [1.807, 2.05) is 36.4 Å². The van der Waals surface area contributed by atoms with Gasteiger partial charge in [0, 0.05) is 36.5 Å². The molecule has 5 heteroatoms. The van der Waals surface area contributed by atoms with Crippen molar-refractivity contribution >= 4 is 17.2 Å². The van der Waals surface area contributed by atoms with Crippen LogP contribution in [0.25, 0.3) is 17.0 Å². The minimum atomic E-state index is 0.632. The molecular formula is C17H19N5. The molecule has 4 rings (SSSR count). The fraction of sp³-hybridized carbons (Fsp3) is 0.294. The number of nitrogens with zero attached hydrogens (tertiary/aromatic N) is 4. The third-order valence-electron chi connectivity index (χ3n) is 4.20. The monoisotopic (exact) mass is 293 g/mol. The molecule has 1 aliphatic heterocycles. The highest BCUT2D eigenvalue weighted by Gasteiger charge is 2.15. The van der Waals surface area contributed by atoms with Crippen LogP contribution in [0.1, 0.15) is 19.3 Å². The van der Waals surface area contributed by atoms with Gasteiger partial charge in [-0.05, 0) is 19.3 Å². The van der Waals surface area contributed by atoms with Crippen LogP contribution in [0.2, 0.25) is 0 Å². The van der Waals surface area contributed by atoms with Crippen LogP contribution in [0, 0.1) is 0 Å². The van der Waals surface area contributed by atoms with Gasteiger partial charge < -0.3 is 10.6 Å². The number of nitrogen functional groups attached to an aromatic ring is 1. The van der Waals surface area contributed by atoms with Crippen LogP contribution in [0.3, 0.4) is 0 Å². The van der Waals surface area contributed by atoms with E-state index in [0.717, 1.165) is 30.0 Å². The first kappa shape index (κ1) is 13.1. The SMILES string of the molecule is Nc1cc(N2CCCCC2)cc2nc(-c3ccccc3)nn12. The summed E-state index contributed by atoms with van der Waals surface area (Å²) in [6.07, 6.45) is 3.80. The molecule has 22 heavy (non-hydrogen) atoms. The van der Waals surface area contributed by atoms with Gasteiger partial charge in [-0.15, -0.1) is 5.10 Å². The smallest absolute Gasteiger partial charge is 0.182 e. The highest BCUT2D eigenvalue weighted by Crippen LogP contribution is 2.25. The second kappa shape index (κ2) is 5.33. The molecule has 1 aromatic carbocycles. The summed E-state index contributed by atoms with van der Waals surface area (Å²) in [5.41, 5.74) is 9.15. The predicted octanol–water partition coefficient (Wildman–Crippen LogP) is 2.97. The average Bonchev–Trinajstić information content (AvgIpc) is 3.01. The largest absolute Gasteiger partial charge is 0.384 e. The molecule has 0 radical (unpaired) electrons. The molecule has 5 nitrogen and oxygen atoms in total. The predicted molar refractivity (Wildman–Crippen MR) is 88.9 cm³/mol. The van der Waals surface area contributed by atoms with Gasteiger partial charge in [-0.3, -0.25) is 0 Å². The minimum Gasteiger partial charge on any atom is -0.384 e. The average molecular weight is 293 g/mol. The van der Waals surface area contributed by atoms with E-state index in [1.54, 1.807) is 4.52 Å². The van der Waals surface area contributed by atoms with Crippen molar-refractivity contribution in [3.8, 4) is 11.4 Å². The van der Waals surface area contributed by atoms with Crippen LogP contribution < -0.4 is 10.6 Å². The standard InChI is InChI=1S/C17H19N5/c18-15-11-14(21-9-5-2-6-10-21)12-16-19-17(20-22(15)16)13-7-3-1-4-8-13/h1,3-4,7-8,11-12H,2,5-6,9-10,18H2. The summed E-state index contributed by atoms with van der Waals surface area (Å²) in [5, 5.41) is 4.53. The van der Waals surface area contributed by atoms with E-state index in [4.69, 9.17) is 5.73 Å².